The Kier molecular flexibility index (Phi) is 6.53. The fourth-order valence-electron chi connectivity index (χ4n) is 4.28. The number of aliphatic carboxylic acids is 1. The quantitative estimate of drug-likeness (QED) is 0.352. The summed E-state index contributed by atoms with van der Waals surface area (Å²) < 4.78 is 38.5. The van der Waals surface area contributed by atoms with Gasteiger partial charge in [-0.15, -0.1) is 0 Å². The topological polar surface area (TPSA) is 98.7 Å². The van der Waals surface area contributed by atoms with Crippen LogP contribution in [0, 0.1) is 5.92 Å². The molecule has 9 heteroatoms. The van der Waals surface area contributed by atoms with Gasteiger partial charge in [0.05, 0.1) is 17.1 Å². The van der Waals surface area contributed by atoms with Gasteiger partial charge in [-0.3, -0.25) is 4.79 Å². The molecule has 2 atom stereocenters. The number of nitrogens with one attached hydrogen (secondary N) is 2. The summed E-state index contributed by atoms with van der Waals surface area (Å²) in [4.78, 5) is 23.4. The minimum Gasteiger partial charge on any atom is -0.481 e. The van der Waals surface area contributed by atoms with Crippen molar-refractivity contribution in [3.05, 3.63) is 83.9 Å². The zero-order valence-electron chi connectivity index (χ0n) is 18.5. The van der Waals surface area contributed by atoms with Crippen molar-refractivity contribution in [1.82, 2.24) is 0 Å². The molecule has 2 unspecified atom stereocenters. The maximum absolute atomic E-state index is 12.8. The van der Waals surface area contributed by atoms with Crippen LogP contribution in [0.25, 0.3) is 11.1 Å². The van der Waals surface area contributed by atoms with Crippen LogP contribution in [0.5, 0.6) is 0 Å². The van der Waals surface area contributed by atoms with Crippen molar-refractivity contribution in [2.45, 2.75) is 31.0 Å². The van der Waals surface area contributed by atoms with E-state index in [4.69, 9.17) is 0 Å². The van der Waals surface area contributed by atoms with E-state index in [1.165, 1.54) is 12.1 Å². The van der Waals surface area contributed by atoms with Crippen LogP contribution in [0.4, 0.5) is 29.3 Å². The van der Waals surface area contributed by atoms with E-state index < -0.39 is 35.3 Å². The zero-order chi connectivity index (χ0) is 25.2. The molecule has 3 aromatic carbocycles. The molecule has 6 nitrogen and oxygen atoms in total. The van der Waals surface area contributed by atoms with E-state index in [0.717, 1.165) is 23.3 Å². The molecule has 182 valence electrons. The summed E-state index contributed by atoms with van der Waals surface area (Å²) in [5.41, 5.74) is 0.860. The van der Waals surface area contributed by atoms with Crippen LogP contribution in [-0.2, 0) is 16.6 Å². The molecular weight excluding hydrogens is 461 g/mol. The van der Waals surface area contributed by atoms with Crippen molar-refractivity contribution in [3.8, 4) is 11.1 Å². The highest BCUT2D eigenvalue weighted by atomic mass is 19.4. The highest BCUT2D eigenvalue weighted by molar-refractivity contribution is 5.99. The zero-order valence-corrected chi connectivity index (χ0v) is 18.5. The molecule has 0 aromatic heterocycles. The van der Waals surface area contributed by atoms with Gasteiger partial charge in [-0.2, -0.15) is 13.2 Å². The number of hydrogen-bond donors (Lipinski definition) is 4. The van der Waals surface area contributed by atoms with Gasteiger partial charge in [-0.1, -0.05) is 42.5 Å². The van der Waals surface area contributed by atoms with Gasteiger partial charge in [0.2, 0.25) is 0 Å². The minimum absolute atomic E-state index is 0.0210. The molecule has 1 saturated carbocycles. The number of carboxylic acid groups (broad SMARTS) is 1. The smallest absolute Gasteiger partial charge is 0.416 e. The number of hydrogen-bond acceptors (Lipinski definition) is 3. The Morgan fingerprint density at radius 1 is 0.886 bits per heavy atom. The van der Waals surface area contributed by atoms with E-state index in [1.807, 2.05) is 12.1 Å². The van der Waals surface area contributed by atoms with Crippen LogP contribution >= 0.6 is 0 Å². The Labute approximate surface area is 199 Å². The summed E-state index contributed by atoms with van der Waals surface area (Å²) in [6, 6.07) is 17.8. The Bertz CT molecular complexity index is 1230. The Hall–Kier alpha value is -3.85. The number of carbonyl (C=O) groups is 2. The predicted molar refractivity (Wildman–Crippen MR) is 125 cm³/mol. The number of anilines is 2. The molecular formula is C26H23F3N2O4. The second-order valence-corrected chi connectivity index (χ2v) is 8.62. The molecule has 2 amide bonds. The van der Waals surface area contributed by atoms with Gasteiger partial charge in [0.25, 0.3) is 0 Å². The number of carboxylic acids is 1. The molecule has 0 spiro atoms. The lowest BCUT2D eigenvalue weighted by atomic mass is 9.90. The highest BCUT2D eigenvalue weighted by Crippen LogP contribution is 2.42. The lowest BCUT2D eigenvalue weighted by Gasteiger charge is -2.23. The predicted octanol–water partition coefficient (Wildman–Crippen LogP) is 6.09. The Balaban J connectivity index is 1.38. The van der Waals surface area contributed by atoms with Gasteiger partial charge in [-0.05, 0) is 66.3 Å². The van der Waals surface area contributed by atoms with Crippen LogP contribution in [0.2, 0.25) is 0 Å². The largest absolute Gasteiger partial charge is 0.481 e. The van der Waals surface area contributed by atoms with Crippen LogP contribution in [-0.4, -0.2) is 22.2 Å². The van der Waals surface area contributed by atoms with Gasteiger partial charge in [0.15, 0.2) is 0 Å². The first-order valence-electron chi connectivity index (χ1n) is 10.9. The average Bonchev–Trinajstić information content (AvgIpc) is 3.23. The second-order valence-electron chi connectivity index (χ2n) is 8.62. The number of urea groups is 1. The van der Waals surface area contributed by atoms with Gasteiger partial charge in [-0.25, -0.2) is 4.79 Å². The summed E-state index contributed by atoms with van der Waals surface area (Å²) in [5, 5.41) is 25.0. The number of carbonyl (C=O) groups excluding carboxylic acids is 1. The molecule has 0 heterocycles. The molecule has 1 aliphatic carbocycles. The number of aliphatic hydroxyl groups is 1. The highest BCUT2D eigenvalue weighted by Gasteiger charge is 2.41. The van der Waals surface area contributed by atoms with Crippen LogP contribution < -0.4 is 10.6 Å². The molecule has 3 aromatic rings. The third kappa shape index (κ3) is 5.63. The van der Waals surface area contributed by atoms with E-state index >= 15 is 0 Å². The van der Waals surface area contributed by atoms with Crippen molar-refractivity contribution in [3.63, 3.8) is 0 Å². The molecule has 0 aliphatic heterocycles. The lowest BCUT2D eigenvalue weighted by molar-refractivity contribution is -0.142. The van der Waals surface area contributed by atoms with Gasteiger partial charge in [0, 0.05) is 11.4 Å². The summed E-state index contributed by atoms with van der Waals surface area (Å²) in [7, 11) is 0. The fourth-order valence-corrected chi connectivity index (χ4v) is 4.28. The number of rotatable bonds is 5. The van der Waals surface area contributed by atoms with Crippen LogP contribution in [0.3, 0.4) is 0 Å². The second kappa shape index (κ2) is 9.42. The molecule has 1 fully saturated rings. The van der Waals surface area contributed by atoms with Crippen LogP contribution in [0.15, 0.2) is 72.8 Å². The number of benzene rings is 3. The molecule has 1 aliphatic rings. The Morgan fingerprint density at radius 3 is 2.06 bits per heavy atom. The maximum Gasteiger partial charge on any atom is 0.416 e. The van der Waals surface area contributed by atoms with Crippen molar-refractivity contribution in [1.29, 1.82) is 0 Å². The normalized spacial score (nSPS) is 19.8. The first-order valence-corrected chi connectivity index (χ1v) is 10.9. The monoisotopic (exact) mass is 484 g/mol. The minimum atomic E-state index is -4.50. The molecule has 35 heavy (non-hydrogen) atoms. The third-order valence-corrected chi connectivity index (χ3v) is 6.19. The van der Waals surface area contributed by atoms with E-state index in [-0.39, 0.29) is 12.1 Å². The van der Waals surface area contributed by atoms with E-state index in [9.17, 15) is 33.0 Å². The standard InChI is InChI=1S/C26H23F3N2O4/c27-26(28,29)20-2-1-3-22(14-20)31-24(34)30-21-10-6-17(7-11-21)16-4-8-19(9-5-16)25(35)13-12-18(15-25)23(32)33/h1-11,14,18,35H,12-13,15H2,(H,32,33)(H2,30,31,34). The maximum atomic E-state index is 12.8. The summed E-state index contributed by atoms with van der Waals surface area (Å²) in [6.45, 7) is 0. The summed E-state index contributed by atoms with van der Waals surface area (Å²) in [5.74, 6) is -1.44. The molecule has 4 rings (SSSR count). The van der Waals surface area contributed by atoms with Gasteiger partial charge >= 0.3 is 18.2 Å². The molecule has 4 N–H and O–H groups in total. The van der Waals surface area contributed by atoms with Gasteiger partial charge in [0.1, 0.15) is 0 Å². The van der Waals surface area contributed by atoms with Gasteiger partial charge < -0.3 is 20.8 Å². The summed E-state index contributed by atoms with van der Waals surface area (Å²) >= 11 is 0. The average molecular weight is 484 g/mol. The molecule has 0 bridgehead atoms. The fraction of sp³-hybridized carbons (Fsp3) is 0.231. The lowest BCUT2D eigenvalue weighted by Crippen LogP contribution is -2.23. The van der Waals surface area contributed by atoms with Crippen molar-refractivity contribution in [2.75, 3.05) is 10.6 Å². The number of halogens is 3. The van der Waals surface area contributed by atoms with E-state index in [1.54, 1.807) is 36.4 Å². The van der Waals surface area contributed by atoms with Crippen molar-refractivity contribution in [2.24, 2.45) is 5.92 Å². The first-order chi connectivity index (χ1) is 16.5. The van der Waals surface area contributed by atoms with E-state index in [0.29, 0.717) is 24.1 Å². The van der Waals surface area contributed by atoms with Crippen LogP contribution in [0.1, 0.15) is 30.4 Å². The summed E-state index contributed by atoms with van der Waals surface area (Å²) in [6.07, 6.45) is -3.49. The van der Waals surface area contributed by atoms with Crippen molar-refractivity contribution >= 4 is 23.4 Å². The third-order valence-electron chi connectivity index (χ3n) is 6.19. The number of alkyl halides is 3. The van der Waals surface area contributed by atoms with Crippen molar-refractivity contribution < 1.29 is 33.0 Å². The SMILES string of the molecule is O=C(Nc1ccc(-c2ccc(C3(O)CCC(C(=O)O)C3)cc2)cc1)Nc1cccc(C(F)(F)F)c1. The molecule has 0 saturated heterocycles. The number of amides is 2. The first kappa shape index (κ1) is 24.3. The van der Waals surface area contributed by atoms with E-state index in [2.05, 4.69) is 10.6 Å². The Morgan fingerprint density at radius 2 is 1.49 bits per heavy atom. The molecule has 0 radical (unpaired) electrons.